The molecular weight excluding hydrogens is 296 g/mol. The highest BCUT2D eigenvalue weighted by atomic mass is 16.5. The van der Waals surface area contributed by atoms with Gasteiger partial charge in [0.25, 0.3) is 0 Å². The van der Waals surface area contributed by atoms with Crippen molar-refractivity contribution < 1.29 is 9.47 Å². The lowest BCUT2D eigenvalue weighted by Crippen LogP contribution is -2.30. The van der Waals surface area contributed by atoms with E-state index in [0.29, 0.717) is 29.8 Å². The highest BCUT2D eigenvalue weighted by molar-refractivity contribution is 5.61. The van der Waals surface area contributed by atoms with E-state index < -0.39 is 0 Å². The van der Waals surface area contributed by atoms with Gasteiger partial charge in [-0.25, -0.2) is 9.97 Å². The van der Waals surface area contributed by atoms with Gasteiger partial charge in [0.05, 0.1) is 12.8 Å². The van der Waals surface area contributed by atoms with Crippen LogP contribution >= 0.6 is 0 Å². The fraction of sp³-hybridized carbons (Fsp3) is 0.533. The lowest BCUT2D eigenvalue weighted by atomic mass is 9.92. The molecule has 2 atom stereocenters. The third-order valence-corrected chi connectivity index (χ3v) is 4.16. The molecule has 1 fully saturated rings. The average Bonchev–Trinajstić information content (AvgIpc) is 2.99. The molecule has 8 nitrogen and oxygen atoms in total. The van der Waals surface area contributed by atoms with E-state index >= 15 is 0 Å². The van der Waals surface area contributed by atoms with E-state index in [0.717, 1.165) is 25.1 Å². The first-order valence-electron chi connectivity index (χ1n) is 7.68. The average molecular weight is 318 g/mol. The Hall–Kier alpha value is -2.35. The van der Waals surface area contributed by atoms with E-state index in [9.17, 15) is 0 Å². The van der Waals surface area contributed by atoms with Crippen molar-refractivity contribution in [1.29, 1.82) is 0 Å². The van der Waals surface area contributed by atoms with Gasteiger partial charge in [0, 0.05) is 32.3 Å². The van der Waals surface area contributed by atoms with E-state index in [1.165, 1.54) is 6.33 Å². The van der Waals surface area contributed by atoms with Crippen LogP contribution in [0.15, 0.2) is 18.6 Å². The molecule has 1 aliphatic rings. The standard InChI is InChI=1S/C15H22N6O2/c1-21-11(5-6-20-21)12-10(4-3-7-23-12)8-17-15-13(22-2)14(16)18-9-19-15/h5-6,9-10,12H,3-4,7-8H2,1-2H3,(H3,16,17,18,19)/t10-,12+/m0/s1. The third-order valence-electron chi connectivity index (χ3n) is 4.16. The van der Waals surface area contributed by atoms with Crippen molar-refractivity contribution in [3.63, 3.8) is 0 Å². The van der Waals surface area contributed by atoms with Crippen LogP contribution in [0.5, 0.6) is 5.75 Å². The lowest BCUT2D eigenvalue weighted by molar-refractivity contribution is -0.0284. The highest BCUT2D eigenvalue weighted by Gasteiger charge is 2.29. The summed E-state index contributed by atoms with van der Waals surface area (Å²) in [4.78, 5) is 8.15. The number of nitrogens with two attached hydrogens (primary N) is 1. The molecule has 8 heteroatoms. The quantitative estimate of drug-likeness (QED) is 0.859. The number of anilines is 2. The summed E-state index contributed by atoms with van der Waals surface area (Å²) in [6.45, 7) is 1.48. The van der Waals surface area contributed by atoms with Crippen LogP contribution in [0.2, 0.25) is 0 Å². The van der Waals surface area contributed by atoms with Gasteiger partial charge in [0.1, 0.15) is 12.4 Å². The first-order valence-corrected chi connectivity index (χ1v) is 7.68. The molecule has 1 aliphatic heterocycles. The van der Waals surface area contributed by atoms with Gasteiger partial charge in [-0.05, 0) is 18.9 Å². The Labute approximate surface area is 135 Å². The summed E-state index contributed by atoms with van der Waals surface area (Å²) >= 11 is 0. The van der Waals surface area contributed by atoms with Crippen LogP contribution in [0, 0.1) is 5.92 Å². The number of nitrogen functional groups attached to an aromatic ring is 1. The number of nitrogens with zero attached hydrogens (tertiary/aromatic N) is 4. The van der Waals surface area contributed by atoms with Gasteiger partial charge in [-0.3, -0.25) is 4.68 Å². The van der Waals surface area contributed by atoms with Gasteiger partial charge >= 0.3 is 0 Å². The number of hydrogen-bond acceptors (Lipinski definition) is 7. The third kappa shape index (κ3) is 3.21. The number of nitrogens with one attached hydrogen (secondary N) is 1. The molecule has 0 bridgehead atoms. The first-order chi connectivity index (χ1) is 11.2. The van der Waals surface area contributed by atoms with E-state index in [4.69, 9.17) is 15.2 Å². The summed E-state index contributed by atoms with van der Waals surface area (Å²) in [7, 11) is 3.49. The van der Waals surface area contributed by atoms with Gasteiger partial charge in [-0.15, -0.1) is 0 Å². The Morgan fingerprint density at radius 1 is 1.48 bits per heavy atom. The van der Waals surface area contributed by atoms with Crippen molar-refractivity contribution in [2.75, 3.05) is 31.3 Å². The highest BCUT2D eigenvalue weighted by Crippen LogP contribution is 2.34. The molecule has 0 radical (unpaired) electrons. The molecule has 3 heterocycles. The molecule has 2 aromatic heterocycles. The normalized spacial score (nSPS) is 21.1. The fourth-order valence-corrected chi connectivity index (χ4v) is 2.98. The van der Waals surface area contributed by atoms with Crippen molar-refractivity contribution in [2.24, 2.45) is 13.0 Å². The van der Waals surface area contributed by atoms with Gasteiger partial charge in [0.15, 0.2) is 11.6 Å². The maximum Gasteiger partial charge on any atom is 0.203 e. The minimum absolute atomic E-state index is 0.0222. The predicted molar refractivity (Wildman–Crippen MR) is 86.1 cm³/mol. The van der Waals surface area contributed by atoms with Crippen LogP contribution in [0.3, 0.4) is 0 Å². The molecule has 3 rings (SSSR count). The van der Waals surface area contributed by atoms with E-state index in [2.05, 4.69) is 20.4 Å². The Bertz CT molecular complexity index is 659. The SMILES string of the molecule is COc1c(N)ncnc1NC[C@@H]1CCCO[C@H]1c1ccnn1C. The molecule has 124 valence electrons. The van der Waals surface area contributed by atoms with Crippen molar-refractivity contribution >= 4 is 11.6 Å². The number of ether oxygens (including phenoxy) is 2. The Morgan fingerprint density at radius 3 is 3.09 bits per heavy atom. The molecule has 0 saturated carbocycles. The summed E-state index contributed by atoms with van der Waals surface area (Å²) in [5, 5.41) is 7.56. The second-order valence-corrected chi connectivity index (χ2v) is 5.60. The maximum atomic E-state index is 5.99. The van der Waals surface area contributed by atoms with E-state index in [1.54, 1.807) is 13.3 Å². The minimum atomic E-state index is 0.0222. The van der Waals surface area contributed by atoms with Crippen LogP contribution in [0.4, 0.5) is 11.6 Å². The number of hydrogen-bond donors (Lipinski definition) is 2. The molecule has 0 aliphatic carbocycles. The summed E-state index contributed by atoms with van der Waals surface area (Å²) in [5.41, 5.74) is 6.90. The second-order valence-electron chi connectivity index (χ2n) is 5.60. The van der Waals surface area contributed by atoms with E-state index in [1.807, 2.05) is 17.8 Å². The molecule has 0 amide bonds. The number of aryl methyl sites for hydroxylation is 1. The molecule has 0 spiro atoms. The minimum Gasteiger partial charge on any atom is -0.490 e. The van der Waals surface area contributed by atoms with Gasteiger partial charge < -0.3 is 20.5 Å². The smallest absolute Gasteiger partial charge is 0.203 e. The Balaban J connectivity index is 1.73. The number of rotatable bonds is 5. The maximum absolute atomic E-state index is 5.99. The first kappa shape index (κ1) is 15.5. The zero-order chi connectivity index (χ0) is 16.2. The van der Waals surface area contributed by atoms with Crippen LogP contribution < -0.4 is 15.8 Å². The molecule has 1 saturated heterocycles. The van der Waals surface area contributed by atoms with Gasteiger partial charge in [0.2, 0.25) is 5.75 Å². The van der Waals surface area contributed by atoms with Crippen LogP contribution in [-0.2, 0) is 11.8 Å². The van der Waals surface area contributed by atoms with Crippen molar-refractivity contribution in [3.8, 4) is 5.75 Å². The van der Waals surface area contributed by atoms with Gasteiger partial charge in [-0.2, -0.15) is 5.10 Å². The second kappa shape index (κ2) is 6.82. The van der Waals surface area contributed by atoms with Crippen molar-refractivity contribution in [2.45, 2.75) is 18.9 Å². The van der Waals surface area contributed by atoms with Crippen molar-refractivity contribution in [1.82, 2.24) is 19.7 Å². The molecule has 0 aromatic carbocycles. The summed E-state index contributed by atoms with van der Waals surface area (Å²) in [6.07, 6.45) is 5.37. The van der Waals surface area contributed by atoms with Crippen LogP contribution in [0.25, 0.3) is 0 Å². The Kier molecular flexibility index (Phi) is 4.61. The monoisotopic (exact) mass is 318 g/mol. The topological polar surface area (TPSA) is 100 Å². The molecule has 0 unspecified atom stereocenters. The largest absolute Gasteiger partial charge is 0.490 e. The number of methoxy groups -OCH3 is 1. The molecular formula is C15H22N6O2. The summed E-state index contributed by atoms with van der Waals surface area (Å²) < 4.78 is 13.1. The zero-order valence-corrected chi connectivity index (χ0v) is 13.4. The molecule has 23 heavy (non-hydrogen) atoms. The molecule has 3 N–H and O–H groups in total. The summed E-state index contributed by atoms with van der Waals surface area (Å²) in [6, 6.07) is 2.01. The van der Waals surface area contributed by atoms with Crippen LogP contribution in [0.1, 0.15) is 24.6 Å². The lowest BCUT2D eigenvalue weighted by Gasteiger charge is -2.32. The zero-order valence-electron chi connectivity index (χ0n) is 13.4. The van der Waals surface area contributed by atoms with Crippen molar-refractivity contribution in [3.05, 3.63) is 24.3 Å². The van der Waals surface area contributed by atoms with Crippen LogP contribution in [-0.4, -0.2) is 40.0 Å². The fourth-order valence-electron chi connectivity index (χ4n) is 2.98. The number of aromatic nitrogens is 4. The Morgan fingerprint density at radius 2 is 2.35 bits per heavy atom. The molecule has 2 aromatic rings. The van der Waals surface area contributed by atoms with Gasteiger partial charge in [-0.1, -0.05) is 0 Å². The van der Waals surface area contributed by atoms with E-state index in [-0.39, 0.29) is 6.10 Å². The predicted octanol–water partition coefficient (Wildman–Crippen LogP) is 1.38. The summed E-state index contributed by atoms with van der Waals surface area (Å²) in [5.74, 6) is 1.73.